The minimum atomic E-state index is -0.301. The molecule has 5 nitrogen and oxygen atoms in total. The number of carbonyl (C=O) groups is 2. The Hall–Kier alpha value is -3.68. The molecule has 1 aromatic heterocycles. The predicted octanol–water partition coefficient (Wildman–Crippen LogP) is 6.82. The second kappa shape index (κ2) is 9.67. The van der Waals surface area contributed by atoms with Gasteiger partial charge in [0.25, 0.3) is 5.91 Å². The van der Waals surface area contributed by atoms with Crippen LogP contribution in [0.15, 0.2) is 95.9 Å². The Balaban J connectivity index is 1.19. The molecule has 7 heteroatoms. The quantitative estimate of drug-likeness (QED) is 0.260. The Kier molecular flexibility index (Phi) is 6.29. The lowest BCUT2D eigenvalue weighted by atomic mass is 10.1. The molecule has 2 amide bonds. The van der Waals surface area contributed by atoms with Gasteiger partial charge in [-0.25, -0.2) is 4.98 Å². The molecular formula is C27H21N3O2S2. The highest BCUT2D eigenvalue weighted by molar-refractivity contribution is 8.00. The van der Waals surface area contributed by atoms with Crippen molar-refractivity contribution in [2.45, 2.75) is 17.1 Å². The van der Waals surface area contributed by atoms with Gasteiger partial charge in [-0.1, -0.05) is 53.8 Å². The lowest BCUT2D eigenvalue weighted by molar-refractivity contribution is -0.115. The van der Waals surface area contributed by atoms with Crippen LogP contribution in [0.5, 0.6) is 0 Å². The van der Waals surface area contributed by atoms with Gasteiger partial charge >= 0.3 is 0 Å². The van der Waals surface area contributed by atoms with Gasteiger partial charge in [-0.05, 0) is 66.2 Å². The molecule has 0 spiro atoms. The largest absolute Gasteiger partial charge is 0.322 e. The number of aromatic nitrogens is 1. The van der Waals surface area contributed by atoms with Crippen molar-refractivity contribution in [2.75, 3.05) is 10.6 Å². The number of benzene rings is 4. The van der Waals surface area contributed by atoms with Crippen LogP contribution in [0.4, 0.5) is 10.8 Å². The summed E-state index contributed by atoms with van der Waals surface area (Å²) in [6, 6.07) is 28.9. The average Bonchev–Trinajstić information content (AvgIpc) is 3.27. The number of thioether (sulfide) groups is 1. The third-order valence-corrected chi connectivity index (χ3v) is 7.39. The van der Waals surface area contributed by atoms with E-state index in [-0.39, 0.29) is 17.1 Å². The fourth-order valence-electron chi connectivity index (χ4n) is 3.54. The molecule has 168 valence electrons. The topological polar surface area (TPSA) is 71.1 Å². The minimum absolute atomic E-state index is 0.0993. The van der Waals surface area contributed by atoms with E-state index in [2.05, 4.69) is 15.6 Å². The lowest BCUT2D eigenvalue weighted by Gasteiger charge is -2.11. The van der Waals surface area contributed by atoms with Gasteiger partial charge in [-0.2, -0.15) is 0 Å². The number of amides is 2. The van der Waals surface area contributed by atoms with E-state index in [0.29, 0.717) is 16.4 Å². The number of nitrogens with one attached hydrogen (secondary N) is 2. The summed E-state index contributed by atoms with van der Waals surface area (Å²) < 4.78 is 1.04. The monoisotopic (exact) mass is 483 g/mol. The highest BCUT2D eigenvalue weighted by Gasteiger charge is 2.16. The highest BCUT2D eigenvalue weighted by Crippen LogP contribution is 2.29. The normalized spacial score (nSPS) is 11.9. The molecule has 0 radical (unpaired) electrons. The predicted molar refractivity (Wildman–Crippen MR) is 142 cm³/mol. The summed E-state index contributed by atoms with van der Waals surface area (Å²) in [6.07, 6.45) is 0. The van der Waals surface area contributed by atoms with Crippen molar-refractivity contribution in [1.29, 1.82) is 0 Å². The summed E-state index contributed by atoms with van der Waals surface area (Å²) in [4.78, 5) is 30.7. The summed E-state index contributed by atoms with van der Waals surface area (Å²) in [5, 5.41) is 8.28. The van der Waals surface area contributed by atoms with E-state index in [4.69, 9.17) is 0 Å². The lowest BCUT2D eigenvalue weighted by Crippen LogP contribution is -2.22. The molecule has 34 heavy (non-hydrogen) atoms. The molecule has 0 fully saturated rings. The maximum Gasteiger partial charge on any atom is 0.255 e. The number of anilines is 2. The third kappa shape index (κ3) is 4.95. The van der Waals surface area contributed by atoms with Crippen LogP contribution in [0, 0.1) is 0 Å². The Morgan fingerprint density at radius 3 is 2.38 bits per heavy atom. The van der Waals surface area contributed by atoms with Gasteiger partial charge in [0.15, 0.2) is 5.13 Å². The van der Waals surface area contributed by atoms with Crippen LogP contribution in [0.3, 0.4) is 0 Å². The summed E-state index contributed by atoms with van der Waals surface area (Å²) in [5.41, 5.74) is 2.19. The summed E-state index contributed by atoms with van der Waals surface area (Å²) in [7, 11) is 0. The van der Waals surface area contributed by atoms with Crippen LogP contribution in [0.1, 0.15) is 17.3 Å². The molecule has 1 unspecified atom stereocenters. The van der Waals surface area contributed by atoms with E-state index in [9.17, 15) is 9.59 Å². The summed E-state index contributed by atoms with van der Waals surface area (Å²) in [6.45, 7) is 1.86. The van der Waals surface area contributed by atoms with E-state index < -0.39 is 0 Å². The number of hydrogen-bond donors (Lipinski definition) is 2. The molecule has 1 heterocycles. The van der Waals surface area contributed by atoms with Gasteiger partial charge in [0.1, 0.15) is 0 Å². The Bertz CT molecular complexity index is 1460. The van der Waals surface area contributed by atoms with Crippen molar-refractivity contribution in [1.82, 2.24) is 4.98 Å². The molecule has 0 aliphatic heterocycles. The van der Waals surface area contributed by atoms with Crippen LogP contribution >= 0.6 is 23.1 Å². The van der Waals surface area contributed by atoms with Crippen LogP contribution in [0.25, 0.3) is 21.0 Å². The van der Waals surface area contributed by atoms with E-state index in [1.54, 1.807) is 0 Å². The second-order valence-electron chi connectivity index (χ2n) is 7.78. The molecule has 5 rings (SSSR count). The zero-order valence-corrected chi connectivity index (χ0v) is 20.0. The van der Waals surface area contributed by atoms with Crippen molar-refractivity contribution in [2.24, 2.45) is 0 Å². The Labute approximate surface area is 205 Å². The van der Waals surface area contributed by atoms with Gasteiger partial charge in [0.2, 0.25) is 5.91 Å². The van der Waals surface area contributed by atoms with Gasteiger partial charge in [0.05, 0.1) is 15.5 Å². The first-order valence-electron chi connectivity index (χ1n) is 10.8. The van der Waals surface area contributed by atoms with Crippen molar-refractivity contribution in [3.8, 4) is 0 Å². The molecule has 0 saturated carbocycles. The first-order chi connectivity index (χ1) is 16.5. The van der Waals surface area contributed by atoms with Crippen molar-refractivity contribution in [3.63, 3.8) is 0 Å². The van der Waals surface area contributed by atoms with E-state index >= 15 is 0 Å². The number of hydrogen-bond acceptors (Lipinski definition) is 5. The number of rotatable bonds is 6. The number of carbonyl (C=O) groups excluding carboxylic acids is 2. The minimum Gasteiger partial charge on any atom is -0.322 e. The maximum atomic E-state index is 12.7. The zero-order chi connectivity index (χ0) is 23.5. The van der Waals surface area contributed by atoms with E-state index in [1.807, 2.05) is 97.9 Å². The summed E-state index contributed by atoms with van der Waals surface area (Å²) >= 11 is 2.92. The van der Waals surface area contributed by atoms with Crippen LogP contribution in [-0.2, 0) is 4.79 Å². The molecular weight excluding hydrogens is 462 g/mol. The van der Waals surface area contributed by atoms with Gasteiger partial charge in [-0.3, -0.25) is 9.59 Å². The highest BCUT2D eigenvalue weighted by atomic mass is 32.2. The van der Waals surface area contributed by atoms with Crippen molar-refractivity contribution >= 4 is 66.7 Å². The first-order valence-corrected chi connectivity index (χ1v) is 12.5. The van der Waals surface area contributed by atoms with Crippen LogP contribution in [-0.4, -0.2) is 22.0 Å². The fraction of sp³-hybridized carbons (Fsp3) is 0.0741. The van der Waals surface area contributed by atoms with Crippen LogP contribution < -0.4 is 10.6 Å². The number of fused-ring (bicyclic) bond motifs is 2. The average molecular weight is 484 g/mol. The fourth-order valence-corrected chi connectivity index (χ4v) is 5.28. The Morgan fingerprint density at radius 1 is 0.853 bits per heavy atom. The van der Waals surface area contributed by atoms with E-state index in [0.717, 1.165) is 25.9 Å². The first kappa shape index (κ1) is 22.1. The number of nitrogens with zero attached hydrogens (tertiary/aromatic N) is 1. The molecule has 2 N–H and O–H groups in total. The molecule has 0 saturated heterocycles. The van der Waals surface area contributed by atoms with Gasteiger partial charge < -0.3 is 10.6 Å². The Morgan fingerprint density at radius 2 is 1.59 bits per heavy atom. The molecule has 4 aromatic carbocycles. The SMILES string of the molecule is CC(Sc1ccc(NC(=O)c2ccc3ccccc3c2)cc1)C(=O)Nc1nc2ccccc2s1. The van der Waals surface area contributed by atoms with Crippen LogP contribution in [0.2, 0.25) is 0 Å². The maximum absolute atomic E-state index is 12.7. The molecule has 0 aliphatic carbocycles. The third-order valence-electron chi connectivity index (χ3n) is 5.33. The van der Waals surface area contributed by atoms with Gasteiger partial charge in [-0.15, -0.1) is 11.8 Å². The van der Waals surface area contributed by atoms with Gasteiger partial charge in [0, 0.05) is 16.1 Å². The molecule has 0 aliphatic rings. The molecule has 1 atom stereocenters. The smallest absolute Gasteiger partial charge is 0.255 e. The number of para-hydroxylation sites is 1. The second-order valence-corrected chi connectivity index (χ2v) is 10.2. The number of thiazole rings is 1. The van der Waals surface area contributed by atoms with Crippen molar-refractivity contribution in [3.05, 3.63) is 96.6 Å². The van der Waals surface area contributed by atoms with Crippen molar-refractivity contribution < 1.29 is 9.59 Å². The summed E-state index contributed by atoms with van der Waals surface area (Å²) in [5.74, 6) is -0.257. The zero-order valence-electron chi connectivity index (χ0n) is 18.3. The molecule has 0 bridgehead atoms. The van der Waals surface area contributed by atoms with E-state index in [1.165, 1.54) is 23.1 Å². The standard InChI is InChI=1S/C27H21N3O2S2/c1-17(25(31)30-27-29-23-8-4-5-9-24(23)34-27)33-22-14-12-21(13-15-22)28-26(32)20-11-10-18-6-2-3-7-19(18)16-20/h2-17H,1H3,(H,28,32)(H,29,30,31). The molecule has 5 aromatic rings.